The van der Waals surface area contributed by atoms with Crippen LogP contribution in [-0.2, 0) is 6.54 Å². The number of nitrogens with one attached hydrogen (secondary N) is 1. The van der Waals surface area contributed by atoms with Crippen LogP contribution in [-0.4, -0.2) is 29.7 Å². The van der Waals surface area contributed by atoms with E-state index in [9.17, 15) is 14.4 Å². The second-order valence-corrected chi connectivity index (χ2v) is 7.30. The topological polar surface area (TPSA) is 79.6 Å². The summed E-state index contributed by atoms with van der Waals surface area (Å²) in [6, 6.07) is 15.9. The zero-order valence-corrected chi connectivity index (χ0v) is 16.4. The lowest BCUT2D eigenvalue weighted by Gasteiger charge is -2.05. The van der Waals surface area contributed by atoms with Crippen molar-refractivity contribution in [2.75, 3.05) is 7.05 Å². The molecule has 0 bridgehead atoms. The molecule has 3 aromatic rings. The molecule has 1 aromatic heterocycles. The lowest BCUT2D eigenvalue weighted by Crippen LogP contribution is -2.24. The maximum Gasteiger partial charge on any atom is 0.261 e. The highest BCUT2D eigenvalue weighted by atomic mass is 79.9. The van der Waals surface area contributed by atoms with Gasteiger partial charge in [-0.15, -0.1) is 0 Å². The number of hydrogen-bond donors (Lipinski definition) is 1. The first-order valence-corrected chi connectivity index (χ1v) is 9.32. The van der Waals surface area contributed by atoms with Crippen LogP contribution in [0.2, 0.25) is 0 Å². The van der Waals surface area contributed by atoms with Crippen LogP contribution in [0.15, 0.2) is 63.5 Å². The number of fused-ring (bicyclic) bond motifs is 1. The third-order valence-corrected chi connectivity index (χ3v) is 5.09. The number of halogens is 1. The van der Waals surface area contributed by atoms with Crippen molar-refractivity contribution in [3.8, 4) is 11.3 Å². The first-order valence-electron chi connectivity index (χ1n) is 8.53. The molecule has 1 N–H and O–H groups in total. The summed E-state index contributed by atoms with van der Waals surface area (Å²) < 4.78 is 6.76. The molecule has 4 rings (SSSR count). The molecule has 0 atom stereocenters. The van der Waals surface area contributed by atoms with Crippen molar-refractivity contribution in [3.05, 3.63) is 81.5 Å². The number of imide groups is 1. The second kappa shape index (κ2) is 7.09. The van der Waals surface area contributed by atoms with Crippen LogP contribution in [0, 0.1) is 0 Å². The van der Waals surface area contributed by atoms with E-state index in [2.05, 4.69) is 21.2 Å². The lowest BCUT2D eigenvalue weighted by molar-refractivity contribution is 0.0693. The molecule has 0 aliphatic carbocycles. The summed E-state index contributed by atoms with van der Waals surface area (Å²) in [7, 11) is 1.42. The lowest BCUT2D eigenvalue weighted by atomic mass is 10.1. The van der Waals surface area contributed by atoms with Crippen LogP contribution >= 0.6 is 15.9 Å². The minimum absolute atomic E-state index is 0.208. The van der Waals surface area contributed by atoms with Gasteiger partial charge in [0.15, 0.2) is 0 Å². The number of carbonyl (C=O) groups is 3. The summed E-state index contributed by atoms with van der Waals surface area (Å²) in [6.45, 7) is 0.208. The number of benzene rings is 2. The Bertz CT molecular complexity index is 1100. The Hall–Kier alpha value is -3.19. The number of carbonyl (C=O) groups excluding carboxylic acids is 3. The van der Waals surface area contributed by atoms with Crippen LogP contribution < -0.4 is 5.32 Å². The molecule has 0 radical (unpaired) electrons. The fraction of sp³-hybridized carbons (Fsp3) is 0.0952. The fourth-order valence-corrected chi connectivity index (χ4v) is 3.28. The van der Waals surface area contributed by atoms with Crippen molar-refractivity contribution in [3.63, 3.8) is 0 Å². The molecule has 7 heteroatoms. The van der Waals surface area contributed by atoms with Gasteiger partial charge in [0.05, 0.1) is 17.7 Å². The van der Waals surface area contributed by atoms with Gasteiger partial charge >= 0.3 is 0 Å². The molecule has 2 heterocycles. The Labute approximate surface area is 169 Å². The summed E-state index contributed by atoms with van der Waals surface area (Å²) in [5.41, 5.74) is 1.81. The normalized spacial score (nSPS) is 13.0. The molecule has 3 amide bonds. The average molecular weight is 439 g/mol. The standard InChI is InChI=1S/C21H15BrN2O4/c1-24-20(26)16-8-4-13(10-17(16)21(24)27)19(25)23-11-15-7-9-18(28-15)12-2-5-14(22)6-3-12/h2-10H,11H2,1H3,(H,23,25). The number of rotatable bonds is 4. The molecule has 0 saturated heterocycles. The zero-order valence-electron chi connectivity index (χ0n) is 14.9. The van der Waals surface area contributed by atoms with E-state index in [1.807, 2.05) is 30.3 Å². The molecule has 0 saturated carbocycles. The maximum atomic E-state index is 12.4. The van der Waals surface area contributed by atoms with Crippen LogP contribution in [0.1, 0.15) is 36.8 Å². The Kier molecular flexibility index (Phi) is 4.60. The van der Waals surface area contributed by atoms with Gasteiger partial charge in [0.1, 0.15) is 11.5 Å². The predicted octanol–water partition coefficient (Wildman–Crippen LogP) is 3.86. The van der Waals surface area contributed by atoms with E-state index >= 15 is 0 Å². The molecule has 0 spiro atoms. The highest BCUT2D eigenvalue weighted by Gasteiger charge is 2.33. The van der Waals surface area contributed by atoms with E-state index in [0.717, 1.165) is 14.9 Å². The molecule has 1 aliphatic heterocycles. The van der Waals surface area contributed by atoms with Crippen molar-refractivity contribution in [2.45, 2.75) is 6.54 Å². The smallest absolute Gasteiger partial charge is 0.261 e. The van der Waals surface area contributed by atoms with Crippen molar-refractivity contribution >= 4 is 33.7 Å². The van der Waals surface area contributed by atoms with E-state index in [0.29, 0.717) is 22.6 Å². The monoisotopic (exact) mass is 438 g/mol. The quantitative estimate of drug-likeness (QED) is 0.627. The number of amides is 3. The van der Waals surface area contributed by atoms with E-state index in [-0.39, 0.29) is 23.9 Å². The third-order valence-electron chi connectivity index (χ3n) is 4.57. The van der Waals surface area contributed by atoms with Crippen molar-refractivity contribution in [2.24, 2.45) is 0 Å². The van der Waals surface area contributed by atoms with Gasteiger partial charge in [-0.25, -0.2) is 0 Å². The van der Waals surface area contributed by atoms with Gasteiger partial charge in [-0.1, -0.05) is 28.1 Å². The van der Waals surface area contributed by atoms with Crippen LogP contribution in [0.25, 0.3) is 11.3 Å². The molecule has 28 heavy (non-hydrogen) atoms. The van der Waals surface area contributed by atoms with Crippen LogP contribution in [0.4, 0.5) is 0 Å². The molecule has 1 aliphatic rings. The summed E-state index contributed by atoms with van der Waals surface area (Å²) in [4.78, 5) is 37.5. The predicted molar refractivity (Wildman–Crippen MR) is 106 cm³/mol. The van der Waals surface area contributed by atoms with E-state index in [4.69, 9.17) is 4.42 Å². The van der Waals surface area contributed by atoms with Crippen molar-refractivity contribution in [1.82, 2.24) is 10.2 Å². The Morgan fingerprint density at radius 2 is 1.71 bits per heavy atom. The average Bonchev–Trinajstić information content (AvgIpc) is 3.26. The first-order chi connectivity index (χ1) is 13.4. The minimum atomic E-state index is -0.403. The molecule has 0 fully saturated rings. The molecular weight excluding hydrogens is 424 g/mol. The molecule has 6 nitrogen and oxygen atoms in total. The highest BCUT2D eigenvalue weighted by molar-refractivity contribution is 9.10. The van der Waals surface area contributed by atoms with E-state index in [1.54, 1.807) is 6.07 Å². The number of furan rings is 1. The Morgan fingerprint density at radius 1 is 1.00 bits per heavy atom. The van der Waals surface area contributed by atoms with Gasteiger partial charge in [0, 0.05) is 22.6 Å². The summed E-state index contributed by atoms with van der Waals surface area (Å²) >= 11 is 3.39. The number of hydrogen-bond acceptors (Lipinski definition) is 4. The zero-order chi connectivity index (χ0) is 19.8. The fourth-order valence-electron chi connectivity index (χ4n) is 3.01. The van der Waals surface area contributed by atoms with Crippen LogP contribution in [0.3, 0.4) is 0 Å². The third kappa shape index (κ3) is 3.25. The van der Waals surface area contributed by atoms with E-state index < -0.39 is 5.91 Å². The molecule has 2 aromatic carbocycles. The molecule has 0 unspecified atom stereocenters. The number of nitrogens with zero attached hydrogens (tertiary/aromatic N) is 1. The highest BCUT2D eigenvalue weighted by Crippen LogP contribution is 2.25. The van der Waals surface area contributed by atoms with Crippen LogP contribution in [0.5, 0.6) is 0 Å². The maximum absolute atomic E-state index is 12.4. The van der Waals surface area contributed by atoms with Gasteiger partial charge in [-0.2, -0.15) is 0 Å². The van der Waals surface area contributed by atoms with Gasteiger partial charge in [-0.05, 0) is 42.5 Å². The van der Waals surface area contributed by atoms with Gasteiger partial charge in [0.25, 0.3) is 17.7 Å². The summed E-state index contributed by atoms with van der Waals surface area (Å²) in [5, 5.41) is 2.77. The summed E-state index contributed by atoms with van der Waals surface area (Å²) in [5.74, 6) is 0.210. The Morgan fingerprint density at radius 3 is 2.46 bits per heavy atom. The summed E-state index contributed by atoms with van der Waals surface area (Å²) in [6.07, 6.45) is 0. The Balaban J connectivity index is 1.45. The van der Waals surface area contributed by atoms with Gasteiger partial charge in [-0.3, -0.25) is 19.3 Å². The minimum Gasteiger partial charge on any atom is -0.459 e. The van der Waals surface area contributed by atoms with Crippen molar-refractivity contribution < 1.29 is 18.8 Å². The van der Waals surface area contributed by atoms with Gasteiger partial charge in [0.2, 0.25) is 0 Å². The van der Waals surface area contributed by atoms with Gasteiger partial charge < -0.3 is 9.73 Å². The van der Waals surface area contributed by atoms with E-state index in [1.165, 1.54) is 25.2 Å². The largest absolute Gasteiger partial charge is 0.459 e. The first kappa shape index (κ1) is 18.2. The SMILES string of the molecule is CN1C(=O)c2ccc(C(=O)NCc3ccc(-c4ccc(Br)cc4)o3)cc2C1=O. The second-order valence-electron chi connectivity index (χ2n) is 6.39. The molecule has 140 valence electrons. The molecular formula is C21H15BrN2O4. The van der Waals surface area contributed by atoms with Crippen molar-refractivity contribution in [1.29, 1.82) is 0 Å².